The predicted molar refractivity (Wildman–Crippen MR) is 111 cm³/mol. The Morgan fingerprint density at radius 2 is 1.97 bits per heavy atom. The molecule has 0 aliphatic carbocycles. The lowest BCUT2D eigenvalue weighted by molar-refractivity contribution is -0.126. The molecule has 1 aliphatic heterocycles. The summed E-state index contributed by atoms with van der Waals surface area (Å²) in [7, 11) is 0. The van der Waals surface area contributed by atoms with Crippen molar-refractivity contribution in [1.29, 1.82) is 0 Å². The van der Waals surface area contributed by atoms with E-state index in [4.69, 9.17) is 4.74 Å². The molecule has 1 aromatic heterocycles. The van der Waals surface area contributed by atoms with Crippen molar-refractivity contribution >= 4 is 11.8 Å². The summed E-state index contributed by atoms with van der Waals surface area (Å²) in [6.07, 6.45) is 5.64. The molecule has 29 heavy (non-hydrogen) atoms. The summed E-state index contributed by atoms with van der Waals surface area (Å²) >= 11 is 0. The van der Waals surface area contributed by atoms with E-state index < -0.39 is 0 Å². The Balaban J connectivity index is 1.43. The first-order chi connectivity index (χ1) is 14.2. The highest BCUT2D eigenvalue weighted by atomic mass is 16.5. The van der Waals surface area contributed by atoms with Gasteiger partial charge in [-0.05, 0) is 31.7 Å². The first-order valence-electron chi connectivity index (χ1n) is 10.4. The van der Waals surface area contributed by atoms with Gasteiger partial charge in [-0.1, -0.05) is 30.3 Å². The van der Waals surface area contributed by atoms with Gasteiger partial charge < -0.3 is 15.0 Å². The first-order valence-corrected chi connectivity index (χ1v) is 10.4. The average Bonchev–Trinajstić information content (AvgIpc) is 3.22. The number of carbonyl (C=O) groups is 2. The molecule has 156 valence electrons. The van der Waals surface area contributed by atoms with Gasteiger partial charge in [0.1, 0.15) is 0 Å². The molecule has 2 aromatic rings. The molecule has 7 nitrogen and oxygen atoms in total. The number of carbonyl (C=O) groups excluding carboxylic acids is 2. The van der Waals surface area contributed by atoms with Crippen LogP contribution in [0.25, 0.3) is 0 Å². The summed E-state index contributed by atoms with van der Waals surface area (Å²) in [5.41, 5.74) is 1.74. The lowest BCUT2D eigenvalue weighted by atomic mass is 9.95. The van der Waals surface area contributed by atoms with Crippen LogP contribution >= 0.6 is 0 Å². The summed E-state index contributed by atoms with van der Waals surface area (Å²) in [5, 5.41) is 7.30. The van der Waals surface area contributed by atoms with Crippen LogP contribution < -0.4 is 5.32 Å². The molecule has 0 atom stereocenters. The van der Waals surface area contributed by atoms with E-state index in [9.17, 15) is 9.59 Å². The van der Waals surface area contributed by atoms with Crippen LogP contribution in [0.3, 0.4) is 0 Å². The SMILES string of the molecule is CCOCCCNC(=O)C1CCN(C(=O)c2cnn(Cc3ccccc3)c2)CC1. The molecular formula is C22H30N4O3. The maximum atomic E-state index is 12.8. The molecule has 7 heteroatoms. The largest absolute Gasteiger partial charge is 0.382 e. The molecule has 1 aliphatic rings. The topological polar surface area (TPSA) is 76.5 Å². The summed E-state index contributed by atoms with van der Waals surface area (Å²) in [6.45, 7) is 5.80. The molecule has 1 N–H and O–H groups in total. The van der Waals surface area contributed by atoms with Crippen molar-refractivity contribution in [3.8, 4) is 0 Å². The number of likely N-dealkylation sites (tertiary alicyclic amines) is 1. The molecule has 0 radical (unpaired) electrons. The number of rotatable bonds is 9. The Labute approximate surface area is 172 Å². The standard InChI is InChI=1S/C22H30N4O3/c1-2-29-14-6-11-23-21(27)19-9-12-25(13-10-19)22(28)20-15-24-26(17-20)16-18-7-4-3-5-8-18/h3-5,7-8,15,17,19H,2,6,9-14,16H2,1H3,(H,23,27). The monoisotopic (exact) mass is 398 g/mol. The Kier molecular flexibility index (Phi) is 7.81. The smallest absolute Gasteiger partial charge is 0.257 e. The van der Waals surface area contributed by atoms with Crippen molar-refractivity contribution in [2.75, 3.05) is 32.8 Å². The summed E-state index contributed by atoms with van der Waals surface area (Å²) < 4.78 is 7.06. The lowest BCUT2D eigenvalue weighted by Crippen LogP contribution is -2.43. The second-order valence-corrected chi connectivity index (χ2v) is 7.32. The second kappa shape index (κ2) is 10.8. The maximum Gasteiger partial charge on any atom is 0.257 e. The van der Waals surface area contributed by atoms with Crippen LogP contribution in [0.1, 0.15) is 42.1 Å². The average molecular weight is 399 g/mol. The zero-order chi connectivity index (χ0) is 20.5. The van der Waals surface area contributed by atoms with Gasteiger partial charge >= 0.3 is 0 Å². The highest BCUT2D eigenvalue weighted by Gasteiger charge is 2.28. The van der Waals surface area contributed by atoms with E-state index in [1.54, 1.807) is 17.1 Å². The third-order valence-electron chi connectivity index (χ3n) is 5.19. The molecule has 2 heterocycles. The molecular weight excluding hydrogens is 368 g/mol. The van der Waals surface area contributed by atoms with Gasteiger partial charge in [-0.15, -0.1) is 0 Å². The van der Waals surface area contributed by atoms with Crippen LogP contribution in [0.4, 0.5) is 0 Å². The summed E-state index contributed by atoms with van der Waals surface area (Å²) in [4.78, 5) is 26.9. The minimum atomic E-state index is -0.0213. The molecule has 1 aromatic carbocycles. The van der Waals surface area contributed by atoms with Gasteiger partial charge in [0.25, 0.3) is 5.91 Å². The molecule has 2 amide bonds. The van der Waals surface area contributed by atoms with Gasteiger partial charge in [0.05, 0.1) is 18.3 Å². The molecule has 0 spiro atoms. The molecule has 1 fully saturated rings. The van der Waals surface area contributed by atoms with Crippen molar-refractivity contribution < 1.29 is 14.3 Å². The Hall–Kier alpha value is -2.67. The van der Waals surface area contributed by atoms with E-state index in [0.29, 0.717) is 57.8 Å². The summed E-state index contributed by atoms with van der Waals surface area (Å²) in [6, 6.07) is 10.0. The van der Waals surface area contributed by atoms with Gasteiger partial charge in [-0.2, -0.15) is 5.10 Å². The number of aromatic nitrogens is 2. The van der Waals surface area contributed by atoms with Gasteiger partial charge in [-0.3, -0.25) is 14.3 Å². The predicted octanol–water partition coefficient (Wildman–Crippen LogP) is 2.33. The van der Waals surface area contributed by atoms with E-state index in [0.717, 1.165) is 12.0 Å². The van der Waals surface area contributed by atoms with Crippen LogP contribution in [0.5, 0.6) is 0 Å². The zero-order valence-electron chi connectivity index (χ0n) is 17.0. The van der Waals surface area contributed by atoms with Gasteiger partial charge in [-0.25, -0.2) is 0 Å². The number of ether oxygens (including phenoxy) is 1. The van der Waals surface area contributed by atoms with E-state index in [-0.39, 0.29) is 17.7 Å². The fraction of sp³-hybridized carbons (Fsp3) is 0.500. The fourth-order valence-corrected chi connectivity index (χ4v) is 3.53. The van der Waals surface area contributed by atoms with Gasteiger partial charge in [0, 0.05) is 45.0 Å². The molecule has 0 saturated carbocycles. The highest BCUT2D eigenvalue weighted by molar-refractivity contribution is 5.94. The Bertz CT molecular complexity index is 782. The minimum absolute atomic E-state index is 0.0140. The van der Waals surface area contributed by atoms with Gasteiger partial charge in [0.15, 0.2) is 0 Å². The van der Waals surface area contributed by atoms with Crippen molar-refractivity contribution in [3.63, 3.8) is 0 Å². The molecule has 0 unspecified atom stereocenters. The van der Waals surface area contributed by atoms with Gasteiger partial charge in [0.2, 0.25) is 5.91 Å². The third kappa shape index (κ3) is 6.15. The van der Waals surface area contributed by atoms with Crippen LogP contribution in [0.2, 0.25) is 0 Å². The second-order valence-electron chi connectivity index (χ2n) is 7.32. The van der Waals surface area contributed by atoms with E-state index >= 15 is 0 Å². The normalized spacial score (nSPS) is 14.7. The number of amides is 2. The zero-order valence-corrected chi connectivity index (χ0v) is 17.0. The summed E-state index contributed by atoms with van der Waals surface area (Å²) in [5.74, 6) is 0.0520. The van der Waals surface area contributed by atoms with Crippen molar-refractivity contribution in [1.82, 2.24) is 20.0 Å². The quantitative estimate of drug-likeness (QED) is 0.658. The fourth-order valence-electron chi connectivity index (χ4n) is 3.53. The van der Waals surface area contributed by atoms with Crippen molar-refractivity contribution in [3.05, 3.63) is 53.9 Å². The number of benzene rings is 1. The maximum absolute atomic E-state index is 12.8. The number of nitrogens with one attached hydrogen (secondary N) is 1. The lowest BCUT2D eigenvalue weighted by Gasteiger charge is -2.31. The van der Waals surface area contributed by atoms with E-state index in [1.807, 2.05) is 42.2 Å². The van der Waals surface area contributed by atoms with Crippen LogP contribution in [-0.4, -0.2) is 59.3 Å². The van der Waals surface area contributed by atoms with Crippen molar-refractivity contribution in [2.45, 2.75) is 32.7 Å². The third-order valence-corrected chi connectivity index (χ3v) is 5.19. The Morgan fingerprint density at radius 1 is 1.21 bits per heavy atom. The number of hydrogen-bond donors (Lipinski definition) is 1. The van der Waals surface area contributed by atoms with E-state index in [2.05, 4.69) is 10.4 Å². The number of nitrogens with zero attached hydrogens (tertiary/aromatic N) is 3. The number of piperidine rings is 1. The molecule has 3 rings (SSSR count). The van der Waals surface area contributed by atoms with Crippen molar-refractivity contribution in [2.24, 2.45) is 5.92 Å². The number of hydrogen-bond acceptors (Lipinski definition) is 4. The Morgan fingerprint density at radius 3 is 2.69 bits per heavy atom. The van der Waals surface area contributed by atoms with Crippen LogP contribution in [-0.2, 0) is 16.1 Å². The molecule has 1 saturated heterocycles. The molecule has 0 bridgehead atoms. The van der Waals surface area contributed by atoms with Crippen LogP contribution in [0.15, 0.2) is 42.7 Å². The highest BCUT2D eigenvalue weighted by Crippen LogP contribution is 2.19. The van der Waals surface area contributed by atoms with Crippen LogP contribution in [0, 0.1) is 5.92 Å². The first kappa shape index (κ1) is 21.0. The van der Waals surface area contributed by atoms with E-state index in [1.165, 1.54) is 0 Å². The minimum Gasteiger partial charge on any atom is -0.382 e.